The Hall–Kier alpha value is -1.13. The zero-order valence-electron chi connectivity index (χ0n) is 12.2. The first-order valence-electron chi connectivity index (χ1n) is 6.59. The van der Waals surface area contributed by atoms with Gasteiger partial charge in [0.1, 0.15) is 6.10 Å². The van der Waals surface area contributed by atoms with Crippen LogP contribution in [0.1, 0.15) is 17.4 Å². The lowest BCUT2D eigenvalue weighted by Crippen LogP contribution is -2.20. The molecule has 0 bridgehead atoms. The number of halogens is 2. The number of hydrogen-bond acceptors (Lipinski definition) is 3. The first-order chi connectivity index (χ1) is 9.66. The molecule has 21 heavy (non-hydrogen) atoms. The average Bonchev–Trinajstić information content (AvgIpc) is 2.46. The van der Waals surface area contributed by atoms with E-state index in [1.807, 2.05) is 56.6 Å². The second kappa shape index (κ2) is 9.00. The Kier molecular flexibility index (Phi) is 7.68. The minimum absolute atomic E-state index is 0. The van der Waals surface area contributed by atoms with Gasteiger partial charge in [-0.1, -0.05) is 29.8 Å². The van der Waals surface area contributed by atoms with Gasteiger partial charge in [0.25, 0.3) is 0 Å². The molecule has 0 fully saturated rings. The van der Waals surface area contributed by atoms with Gasteiger partial charge in [-0.2, -0.15) is 0 Å². The van der Waals surface area contributed by atoms with Crippen LogP contribution in [-0.2, 0) is 4.74 Å². The van der Waals surface area contributed by atoms with Crippen molar-refractivity contribution < 1.29 is 4.74 Å². The molecule has 0 saturated heterocycles. The Labute approximate surface area is 137 Å². The Morgan fingerprint density at radius 1 is 1.14 bits per heavy atom. The topological polar surface area (TPSA) is 25.4 Å². The molecule has 0 aliphatic heterocycles. The highest BCUT2D eigenvalue weighted by Gasteiger charge is 2.15. The molecule has 0 spiro atoms. The second-order valence-corrected chi connectivity index (χ2v) is 5.30. The smallest absolute Gasteiger partial charge is 0.124 e. The molecule has 0 aliphatic carbocycles. The molecule has 3 nitrogen and oxygen atoms in total. The Balaban J connectivity index is 0.00000220. The zero-order valence-corrected chi connectivity index (χ0v) is 13.8. The van der Waals surface area contributed by atoms with Crippen LogP contribution in [0.2, 0.25) is 5.02 Å². The number of ether oxygens (including phenoxy) is 1. The van der Waals surface area contributed by atoms with E-state index in [0.717, 1.165) is 22.8 Å². The number of pyridine rings is 1. The van der Waals surface area contributed by atoms with Gasteiger partial charge in [0, 0.05) is 17.8 Å². The Morgan fingerprint density at radius 3 is 2.43 bits per heavy atom. The summed E-state index contributed by atoms with van der Waals surface area (Å²) in [7, 11) is 4.06. The number of aromatic nitrogens is 1. The van der Waals surface area contributed by atoms with E-state index in [1.165, 1.54) is 0 Å². The van der Waals surface area contributed by atoms with Crippen molar-refractivity contribution in [1.82, 2.24) is 9.88 Å². The van der Waals surface area contributed by atoms with Crippen molar-refractivity contribution in [2.75, 3.05) is 27.2 Å². The standard InChI is InChI=1S/C16H19ClN2O.ClH/c1-19(2)11-12-20-16(15-5-3-4-10-18-15)13-6-8-14(17)9-7-13;/h3-10,16H,11-12H2,1-2H3;1H. The average molecular weight is 327 g/mol. The van der Waals surface area contributed by atoms with Gasteiger partial charge >= 0.3 is 0 Å². The van der Waals surface area contributed by atoms with Crippen molar-refractivity contribution in [1.29, 1.82) is 0 Å². The van der Waals surface area contributed by atoms with Crippen molar-refractivity contribution in [3.63, 3.8) is 0 Å². The van der Waals surface area contributed by atoms with Crippen LogP contribution in [-0.4, -0.2) is 37.1 Å². The Bertz CT molecular complexity index is 518. The molecule has 0 radical (unpaired) electrons. The summed E-state index contributed by atoms with van der Waals surface area (Å²) >= 11 is 5.95. The predicted molar refractivity (Wildman–Crippen MR) is 89.3 cm³/mol. The molecule has 1 heterocycles. The van der Waals surface area contributed by atoms with Gasteiger partial charge in [0.2, 0.25) is 0 Å². The number of nitrogens with zero attached hydrogens (tertiary/aromatic N) is 2. The van der Waals surface area contributed by atoms with Crippen molar-refractivity contribution in [2.45, 2.75) is 6.10 Å². The second-order valence-electron chi connectivity index (χ2n) is 4.86. The monoisotopic (exact) mass is 326 g/mol. The van der Waals surface area contributed by atoms with E-state index in [0.29, 0.717) is 6.61 Å². The van der Waals surface area contributed by atoms with E-state index < -0.39 is 0 Å². The van der Waals surface area contributed by atoms with Crippen LogP contribution in [0.5, 0.6) is 0 Å². The quantitative estimate of drug-likeness (QED) is 0.806. The summed E-state index contributed by atoms with van der Waals surface area (Å²) in [5, 5.41) is 0.724. The van der Waals surface area contributed by atoms with E-state index in [9.17, 15) is 0 Å². The molecular weight excluding hydrogens is 307 g/mol. The molecule has 114 valence electrons. The molecule has 2 aromatic rings. The molecule has 1 aromatic heterocycles. The number of hydrogen-bond donors (Lipinski definition) is 0. The molecule has 2 rings (SSSR count). The molecule has 1 unspecified atom stereocenters. The summed E-state index contributed by atoms with van der Waals surface area (Å²) < 4.78 is 6.02. The van der Waals surface area contributed by atoms with Crippen LogP contribution in [0.4, 0.5) is 0 Å². The largest absolute Gasteiger partial charge is 0.366 e. The van der Waals surface area contributed by atoms with Gasteiger partial charge < -0.3 is 9.64 Å². The fourth-order valence-corrected chi connectivity index (χ4v) is 2.00. The maximum absolute atomic E-state index is 6.02. The molecule has 1 atom stereocenters. The van der Waals surface area contributed by atoms with E-state index in [4.69, 9.17) is 16.3 Å². The maximum atomic E-state index is 6.02. The zero-order chi connectivity index (χ0) is 14.4. The van der Waals surface area contributed by atoms with Crippen molar-refractivity contribution in [3.05, 3.63) is 64.9 Å². The summed E-state index contributed by atoms with van der Waals surface area (Å²) in [5.41, 5.74) is 1.97. The minimum Gasteiger partial charge on any atom is -0.366 e. The molecular formula is C16H20Cl2N2O. The lowest BCUT2D eigenvalue weighted by atomic mass is 10.1. The maximum Gasteiger partial charge on any atom is 0.124 e. The van der Waals surface area contributed by atoms with Gasteiger partial charge in [-0.15, -0.1) is 12.4 Å². The fourth-order valence-electron chi connectivity index (χ4n) is 1.87. The van der Waals surface area contributed by atoms with Crippen LogP contribution < -0.4 is 0 Å². The molecule has 0 saturated carbocycles. The lowest BCUT2D eigenvalue weighted by molar-refractivity contribution is 0.0662. The summed E-state index contributed by atoms with van der Waals surface area (Å²) in [6.45, 7) is 1.52. The van der Waals surface area contributed by atoms with E-state index in [1.54, 1.807) is 6.20 Å². The first kappa shape index (κ1) is 17.9. The number of benzene rings is 1. The SMILES string of the molecule is CN(C)CCOC(c1ccc(Cl)cc1)c1ccccn1.Cl. The van der Waals surface area contributed by atoms with Crippen LogP contribution in [0.25, 0.3) is 0 Å². The van der Waals surface area contributed by atoms with E-state index in [-0.39, 0.29) is 18.5 Å². The third kappa shape index (κ3) is 5.64. The fraction of sp³-hybridized carbons (Fsp3) is 0.312. The van der Waals surface area contributed by atoms with Crippen molar-refractivity contribution in [3.8, 4) is 0 Å². The summed E-state index contributed by atoms with van der Waals surface area (Å²) in [6.07, 6.45) is 1.63. The molecule has 0 aliphatic rings. The highest BCUT2D eigenvalue weighted by atomic mass is 35.5. The van der Waals surface area contributed by atoms with Gasteiger partial charge in [-0.05, 0) is 43.9 Å². The summed E-state index contributed by atoms with van der Waals surface area (Å²) in [5.74, 6) is 0. The summed E-state index contributed by atoms with van der Waals surface area (Å²) in [6, 6.07) is 13.6. The number of rotatable bonds is 6. The Morgan fingerprint density at radius 2 is 1.86 bits per heavy atom. The van der Waals surface area contributed by atoms with Gasteiger partial charge in [0.15, 0.2) is 0 Å². The van der Waals surface area contributed by atoms with E-state index in [2.05, 4.69) is 9.88 Å². The third-order valence-corrected chi connectivity index (χ3v) is 3.20. The van der Waals surface area contributed by atoms with Crippen LogP contribution in [0.3, 0.4) is 0 Å². The molecule has 1 aromatic carbocycles. The normalized spacial score (nSPS) is 12.0. The van der Waals surface area contributed by atoms with Crippen molar-refractivity contribution in [2.24, 2.45) is 0 Å². The van der Waals surface area contributed by atoms with Crippen LogP contribution in [0.15, 0.2) is 48.7 Å². The van der Waals surface area contributed by atoms with E-state index >= 15 is 0 Å². The van der Waals surface area contributed by atoms with Gasteiger partial charge in [-0.3, -0.25) is 4.98 Å². The van der Waals surface area contributed by atoms with Crippen LogP contribution >= 0.6 is 24.0 Å². The van der Waals surface area contributed by atoms with Crippen molar-refractivity contribution >= 4 is 24.0 Å². The number of likely N-dealkylation sites (N-methyl/N-ethyl adjacent to an activating group) is 1. The summed E-state index contributed by atoms with van der Waals surface area (Å²) in [4.78, 5) is 6.50. The highest BCUT2D eigenvalue weighted by molar-refractivity contribution is 6.30. The molecule has 0 N–H and O–H groups in total. The third-order valence-electron chi connectivity index (χ3n) is 2.95. The lowest BCUT2D eigenvalue weighted by Gasteiger charge is -2.19. The highest BCUT2D eigenvalue weighted by Crippen LogP contribution is 2.25. The van der Waals surface area contributed by atoms with Gasteiger partial charge in [0.05, 0.1) is 12.3 Å². The predicted octanol–water partition coefficient (Wildman–Crippen LogP) is 3.82. The first-order valence-corrected chi connectivity index (χ1v) is 6.97. The van der Waals surface area contributed by atoms with Gasteiger partial charge in [-0.25, -0.2) is 0 Å². The minimum atomic E-state index is -0.159. The molecule has 0 amide bonds. The molecule has 5 heteroatoms. The van der Waals surface area contributed by atoms with Crippen LogP contribution in [0, 0.1) is 0 Å².